The molecule has 1 fully saturated rings. The fourth-order valence-electron chi connectivity index (χ4n) is 3.34. The van der Waals surface area contributed by atoms with E-state index in [2.05, 4.69) is 5.32 Å². The van der Waals surface area contributed by atoms with Gasteiger partial charge in [0.25, 0.3) is 0 Å². The van der Waals surface area contributed by atoms with Crippen molar-refractivity contribution >= 4 is 11.9 Å². The Morgan fingerprint density at radius 1 is 1.24 bits per heavy atom. The van der Waals surface area contributed by atoms with Crippen molar-refractivity contribution in [1.82, 2.24) is 10.2 Å². The minimum atomic E-state index is -0.662. The summed E-state index contributed by atoms with van der Waals surface area (Å²) in [6, 6.07) is 3.48. The van der Waals surface area contributed by atoms with E-state index in [9.17, 15) is 9.59 Å². The highest BCUT2D eigenvalue weighted by molar-refractivity contribution is 5.99. The Kier molecular flexibility index (Phi) is 4.83. The van der Waals surface area contributed by atoms with Gasteiger partial charge in [0.15, 0.2) is 0 Å². The van der Waals surface area contributed by atoms with Crippen LogP contribution in [0.3, 0.4) is 0 Å². The minimum Gasteiger partial charge on any atom is -0.468 e. The molecule has 3 rings (SSSR count). The first-order chi connectivity index (χ1) is 12.1. The maximum absolute atomic E-state index is 12.7. The summed E-state index contributed by atoms with van der Waals surface area (Å²) in [5, 5.41) is 3.24. The van der Waals surface area contributed by atoms with Crippen molar-refractivity contribution in [1.29, 1.82) is 0 Å². The molecule has 1 unspecified atom stereocenters. The van der Waals surface area contributed by atoms with Crippen LogP contribution in [0.15, 0.2) is 45.5 Å². The number of fused-ring (bicyclic) bond motifs is 1. The lowest BCUT2D eigenvalue weighted by Gasteiger charge is -2.33. The van der Waals surface area contributed by atoms with Gasteiger partial charge in [-0.2, -0.15) is 0 Å². The van der Waals surface area contributed by atoms with Crippen LogP contribution in [0.25, 0.3) is 0 Å². The standard InChI is InChI=1S/C18H22N2O5/c1-4-23-17(21)13-11(3)20-9-8-19-16(20)15(18(22)24-5-2)14(13)12-7-6-10-25-12/h6-7,10,14,19H,4-5,8-9H2,1-3H3. The fourth-order valence-corrected chi connectivity index (χ4v) is 3.34. The Labute approximate surface area is 146 Å². The topological polar surface area (TPSA) is 81.0 Å². The summed E-state index contributed by atoms with van der Waals surface area (Å²) < 4.78 is 16.1. The third-order valence-electron chi connectivity index (χ3n) is 4.34. The first-order valence-corrected chi connectivity index (χ1v) is 8.44. The van der Waals surface area contributed by atoms with Crippen molar-refractivity contribution in [2.24, 2.45) is 0 Å². The van der Waals surface area contributed by atoms with E-state index in [0.717, 1.165) is 5.70 Å². The molecular formula is C18H22N2O5. The SMILES string of the molecule is CCOC(=O)C1=C(C)N2CCNC2=C(C(=O)OCC)C1c1ccco1. The highest BCUT2D eigenvalue weighted by atomic mass is 16.5. The zero-order valence-corrected chi connectivity index (χ0v) is 14.6. The number of hydrogen-bond donors (Lipinski definition) is 1. The number of carbonyl (C=O) groups excluding carboxylic acids is 2. The van der Waals surface area contributed by atoms with Gasteiger partial charge in [0, 0.05) is 18.8 Å². The van der Waals surface area contributed by atoms with E-state index >= 15 is 0 Å². The molecule has 0 saturated carbocycles. The highest BCUT2D eigenvalue weighted by Gasteiger charge is 2.44. The maximum atomic E-state index is 12.7. The third kappa shape index (κ3) is 2.90. The average molecular weight is 346 g/mol. The molecule has 134 valence electrons. The molecule has 1 aromatic rings. The van der Waals surface area contributed by atoms with Crippen LogP contribution < -0.4 is 5.32 Å². The average Bonchev–Trinajstić information content (AvgIpc) is 3.26. The quantitative estimate of drug-likeness (QED) is 0.816. The molecule has 0 radical (unpaired) electrons. The summed E-state index contributed by atoms with van der Waals surface area (Å²) in [5.74, 6) is -0.400. The Morgan fingerprint density at radius 2 is 1.92 bits per heavy atom. The number of esters is 2. The summed E-state index contributed by atoms with van der Waals surface area (Å²) in [7, 11) is 0. The molecule has 3 heterocycles. The molecule has 0 spiro atoms. The largest absolute Gasteiger partial charge is 0.468 e. The summed E-state index contributed by atoms with van der Waals surface area (Å²) >= 11 is 0. The molecular weight excluding hydrogens is 324 g/mol. The van der Waals surface area contributed by atoms with Gasteiger partial charge < -0.3 is 24.1 Å². The van der Waals surface area contributed by atoms with Gasteiger partial charge in [-0.25, -0.2) is 9.59 Å². The number of furan rings is 1. The van der Waals surface area contributed by atoms with Gasteiger partial charge >= 0.3 is 11.9 Å². The van der Waals surface area contributed by atoms with Gasteiger partial charge in [-0.15, -0.1) is 0 Å². The van der Waals surface area contributed by atoms with Crippen LogP contribution in [0.1, 0.15) is 32.4 Å². The predicted octanol–water partition coefficient (Wildman–Crippen LogP) is 1.89. The van der Waals surface area contributed by atoms with Gasteiger partial charge in [-0.3, -0.25) is 0 Å². The molecule has 25 heavy (non-hydrogen) atoms. The number of nitrogens with one attached hydrogen (secondary N) is 1. The van der Waals surface area contributed by atoms with Crippen molar-refractivity contribution in [2.75, 3.05) is 26.3 Å². The first kappa shape index (κ1) is 17.1. The van der Waals surface area contributed by atoms with Crippen LogP contribution in [-0.4, -0.2) is 43.1 Å². The molecule has 0 aliphatic carbocycles. The molecule has 0 aromatic carbocycles. The molecule has 0 bridgehead atoms. The Bertz CT molecular complexity index is 733. The van der Waals surface area contributed by atoms with E-state index in [4.69, 9.17) is 13.9 Å². The fraction of sp³-hybridized carbons (Fsp3) is 0.444. The Hall–Kier alpha value is -2.70. The zero-order chi connectivity index (χ0) is 18.0. The van der Waals surface area contributed by atoms with E-state index in [0.29, 0.717) is 35.8 Å². The summed E-state index contributed by atoms with van der Waals surface area (Å²) in [4.78, 5) is 27.3. The lowest BCUT2D eigenvalue weighted by molar-refractivity contribution is -0.139. The second kappa shape index (κ2) is 7.04. The number of ether oxygens (including phenoxy) is 2. The predicted molar refractivity (Wildman–Crippen MR) is 89.1 cm³/mol. The van der Waals surface area contributed by atoms with Crippen LogP contribution in [0, 0.1) is 0 Å². The molecule has 1 atom stereocenters. The molecule has 0 amide bonds. The Balaban J connectivity index is 2.18. The third-order valence-corrected chi connectivity index (χ3v) is 4.34. The molecule has 7 nitrogen and oxygen atoms in total. The normalized spacial score (nSPS) is 19.6. The maximum Gasteiger partial charge on any atom is 0.338 e. The van der Waals surface area contributed by atoms with Crippen molar-refractivity contribution < 1.29 is 23.5 Å². The van der Waals surface area contributed by atoms with Crippen LogP contribution in [-0.2, 0) is 19.1 Å². The van der Waals surface area contributed by atoms with E-state index in [1.807, 2.05) is 11.8 Å². The number of hydrogen-bond acceptors (Lipinski definition) is 7. The second-order valence-corrected chi connectivity index (χ2v) is 5.73. The van der Waals surface area contributed by atoms with Crippen LogP contribution in [0.4, 0.5) is 0 Å². The van der Waals surface area contributed by atoms with Gasteiger partial charge in [-0.1, -0.05) is 0 Å². The molecule has 2 aliphatic rings. The van der Waals surface area contributed by atoms with Gasteiger partial charge in [0.05, 0.1) is 36.5 Å². The molecule has 2 aliphatic heterocycles. The van der Waals surface area contributed by atoms with Gasteiger partial charge in [0.1, 0.15) is 11.6 Å². The van der Waals surface area contributed by atoms with Crippen molar-refractivity contribution in [3.8, 4) is 0 Å². The smallest absolute Gasteiger partial charge is 0.338 e. The number of rotatable bonds is 5. The van der Waals surface area contributed by atoms with Gasteiger partial charge in [-0.05, 0) is 32.9 Å². The number of carbonyl (C=O) groups is 2. The van der Waals surface area contributed by atoms with Crippen molar-refractivity contribution in [2.45, 2.75) is 26.7 Å². The summed E-state index contributed by atoms with van der Waals surface area (Å²) in [6.45, 7) is 7.21. The number of nitrogens with zero attached hydrogens (tertiary/aromatic N) is 1. The van der Waals surface area contributed by atoms with E-state index < -0.39 is 17.9 Å². The van der Waals surface area contributed by atoms with Gasteiger partial charge in [0.2, 0.25) is 0 Å². The van der Waals surface area contributed by atoms with Crippen LogP contribution >= 0.6 is 0 Å². The van der Waals surface area contributed by atoms with Crippen molar-refractivity contribution in [3.05, 3.63) is 46.8 Å². The first-order valence-electron chi connectivity index (χ1n) is 8.44. The molecule has 7 heteroatoms. The minimum absolute atomic E-state index is 0.248. The molecule has 1 aromatic heterocycles. The van der Waals surface area contributed by atoms with Crippen LogP contribution in [0.2, 0.25) is 0 Å². The van der Waals surface area contributed by atoms with Crippen molar-refractivity contribution in [3.63, 3.8) is 0 Å². The van der Waals surface area contributed by atoms with E-state index in [1.54, 1.807) is 26.0 Å². The van der Waals surface area contributed by atoms with Crippen LogP contribution in [0.5, 0.6) is 0 Å². The lowest BCUT2D eigenvalue weighted by atomic mass is 9.84. The number of allylic oxidation sites excluding steroid dienone is 1. The van der Waals surface area contributed by atoms with E-state index in [1.165, 1.54) is 6.26 Å². The van der Waals surface area contributed by atoms with E-state index in [-0.39, 0.29) is 13.2 Å². The Morgan fingerprint density at radius 3 is 2.52 bits per heavy atom. The monoisotopic (exact) mass is 346 g/mol. The lowest BCUT2D eigenvalue weighted by Crippen LogP contribution is -2.35. The second-order valence-electron chi connectivity index (χ2n) is 5.73. The molecule has 1 saturated heterocycles. The summed E-state index contributed by atoms with van der Waals surface area (Å²) in [5.41, 5.74) is 1.54. The molecule has 1 N–H and O–H groups in total. The summed E-state index contributed by atoms with van der Waals surface area (Å²) in [6.07, 6.45) is 1.52. The zero-order valence-electron chi connectivity index (χ0n) is 14.6. The highest BCUT2D eigenvalue weighted by Crippen LogP contribution is 2.43.